The highest BCUT2D eigenvalue weighted by Gasteiger charge is 2.38. The van der Waals surface area contributed by atoms with Crippen molar-refractivity contribution in [1.29, 1.82) is 0 Å². The van der Waals surface area contributed by atoms with Gasteiger partial charge < -0.3 is 23.8 Å². The van der Waals surface area contributed by atoms with Crippen LogP contribution < -0.4 is 9.64 Å². The van der Waals surface area contributed by atoms with Crippen LogP contribution in [0.2, 0.25) is 0 Å². The number of hydrogen-bond donors (Lipinski definition) is 0. The second-order valence-electron chi connectivity index (χ2n) is 15.0. The van der Waals surface area contributed by atoms with E-state index in [0.29, 0.717) is 36.6 Å². The summed E-state index contributed by atoms with van der Waals surface area (Å²) in [6.07, 6.45) is 4.89. The zero-order valence-corrected chi connectivity index (χ0v) is 31.1. The number of rotatable bonds is 4. The first kappa shape index (κ1) is 35.6. The van der Waals surface area contributed by atoms with Crippen LogP contribution in [0.3, 0.4) is 0 Å². The molecule has 2 aromatic carbocycles. The lowest BCUT2D eigenvalue weighted by atomic mass is 9.92. The van der Waals surface area contributed by atoms with Gasteiger partial charge in [0.15, 0.2) is 11.8 Å². The van der Waals surface area contributed by atoms with Crippen LogP contribution in [-0.2, 0) is 19.0 Å². The van der Waals surface area contributed by atoms with Crippen LogP contribution in [-0.4, -0.2) is 64.2 Å². The fourth-order valence-corrected chi connectivity index (χ4v) is 6.80. The highest BCUT2D eigenvalue weighted by molar-refractivity contribution is 5.81. The Hall–Kier alpha value is -4.21. The summed E-state index contributed by atoms with van der Waals surface area (Å²) in [5.41, 5.74) is 6.11. The van der Waals surface area contributed by atoms with E-state index in [1.807, 2.05) is 45.2 Å². The zero-order valence-electron chi connectivity index (χ0n) is 31.1. The Morgan fingerprint density at radius 3 is 2.52 bits per heavy atom. The predicted molar refractivity (Wildman–Crippen MR) is 198 cm³/mol. The van der Waals surface area contributed by atoms with Gasteiger partial charge in [0.25, 0.3) is 0 Å². The van der Waals surface area contributed by atoms with Gasteiger partial charge in [-0.2, -0.15) is 9.61 Å². The van der Waals surface area contributed by atoms with E-state index in [9.17, 15) is 4.79 Å². The maximum absolute atomic E-state index is 13.7. The van der Waals surface area contributed by atoms with Crippen molar-refractivity contribution in [2.75, 3.05) is 31.2 Å². The standard InChI is InChI=1S/C41H52N4O5/c1-10-47-39(46)37(50-40(6,7)8)36-28(4)42-35-25-33-31-15-11-14-30(24-31)32-23-26(2)16-17-34(32)49-29(5)27(3)13-12-22-48-41(9)18-20-44(21-19-41)38(36)45(35)43-33/h11-17,23-25,27,29,37H,10,18-22H2,1-9H3/b13-12+/t27?,29?,37-/m0/s1. The van der Waals surface area contributed by atoms with Crippen LogP contribution >= 0.6 is 0 Å². The van der Waals surface area contributed by atoms with Crippen LogP contribution in [0.25, 0.3) is 28.0 Å². The number of carbonyl (C=O) groups is 1. The average molecular weight is 681 g/mol. The van der Waals surface area contributed by atoms with Gasteiger partial charge >= 0.3 is 5.97 Å². The van der Waals surface area contributed by atoms with Crippen molar-refractivity contribution >= 4 is 17.4 Å². The van der Waals surface area contributed by atoms with Gasteiger partial charge in [-0.05, 0) is 92.0 Å². The number of aryl methyl sites for hydroxylation is 2. The van der Waals surface area contributed by atoms with E-state index in [2.05, 4.69) is 87.2 Å². The zero-order chi connectivity index (χ0) is 35.8. The Kier molecular flexibility index (Phi) is 10.1. The molecule has 3 aliphatic heterocycles. The van der Waals surface area contributed by atoms with Crippen molar-refractivity contribution in [3.8, 4) is 28.1 Å². The maximum atomic E-state index is 13.7. The van der Waals surface area contributed by atoms with E-state index in [4.69, 9.17) is 29.0 Å². The predicted octanol–water partition coefficient (Wildman–Crippen LogP) is 8.45. The molecule has 0 N–H and O–H groups in total. The molecule has 2 unspecified atom stereocenters. The Bertz CT molecular complexity index is 1880. The molecule has 2 aromatic heterocycles. The first-order chi connectivity index (χ1) is 23.7. The van der Waals surface area contributed by atoms with E-state index >= 15 is 0 Å². The molecule has 5 heterocycles. The Labute approximate surface area is 296 Å². The topological polar surface area (TPSA) is 87.4 Å². The molecule has 3 atom stereocenters. The highest BCUT2D eigenvalue weighted by Crippen LogP contribution is 2.40. The molecule has 3 aliphatic rings. The van der Waals surface area contributed by atoms with Gasteiger partial charge in [0.05, 0.1) is 35.7 Å². The highest BCUT2D eigenvalue weighted by atomic mass is 16.6. The summed E-state index contributed by atoms with van der Waals surface area (Å²) in [5, 5.41) is 5.21. The monoisotopic (exact) mass is 680 g/mol. The van der Waals surface area contributed by atoms with Gasteiger partial charge in [-0.1, -0.05) is 48.9 Å². The number of aromatic nitrogens is 3. The van der Waals surface area contributed by atoms with Crippen LogP contribution in [0.1, 0.15) is 84.2 Å². The number of carbonyl (C=O) groups excluding carboxylic acids is 1. The van der Waals surface area contributed by atoms with E-state index in [1.54, 1.807) is 0 Å². The van der Waals surface area contributed by atoms with Crippen molar-refractivity contribution in [3.05, 3.63) is 77.5 Å². The molecule has 266 valence electrons. The average Bonchev–Trinajstić information content (AvgIpc) is 3.49. The van der Waals surface area contributed by atoms with Gasteiger partial charge in [0.1, 0.15) is 17.7 Å². The molecule has 50 heavy (non-hydrogen) atoms. The van der Waals surface area contributed by atoms with Crippen molar-refractivity contribution in [1.82, 2.24) is 14.6 Å². The van der Waals surface area contributed by atoms with Crippen molar-refractivity contribution < 1.29 is 23.7 Å². The van der Waals surface area contributed by atoms with E-state index < -0.39 is 17.7 Å². The molecule has 4 aromatic rings. The Balaban J connectivity index is 1.56. The number of ether oxygens (including phenoxy) is 4. The third kappa shape index (κ3) is 7.59. The summed E-state index contributed by atoms with van der Waals surface area (Å²) >= 11 is 0. The molecule has 0 saturated carbocycles. The summed E-state index contributed by atoms with van der Waals surface area (Å²) < 4.78 is 27.1. The lowest BCUT2D eigenvalue weighted by Crippen LogP contribution is -2.45. The first-order valence-corrected chi connectivity index (χ1v) is 17.9. The van der Waals surface area contributed by atoms with Gasteiger partial charge in [-0.3, -0.25) is 0 Å². The molecule has 0 amide bonds. The van der Waals surface area contributed by atoms with Crippen molar-refractivity contribution in [2.24, 2.45) is 5.92 Å². The molecule has 9 nitrogen and oxygen atoms in total. The second-order valence-corrected chi connectivity index (χ2v) is 15.0. The minimum absolute atomic E-state index is 0.0404. The molecule has 0 aliphatic carbocycles. The summed E-state index contributed by atoms with van der Waals surface area (Å²) in [6.45, 7) is 20.4. The quantitative estimate of drug-likeness (QED) is 0.157. The third-order valence-electron chi connectivity index (χ3n) is 9.78. The number of fused-ring (bicyclic) bond motifs is 7. The number of nitrogens with zero attached hydrogens (tertiary/aromatic N) is 4. The lowest BCUT2D eigenvalue weighted by molar-refractivity contribution is -0.166. The lowest BCUT2D eigenvalue weighted by Gasteiger charge is -2.41. The van der Waals surface area contributed by atoms with Crippen molar-refractivity contribution in [3.63, 3.8) is 0 Å². The van der Waals surface area contributed by atoms with Crippen molar-refractivity contribution in [2.45, 2.75) is 98.6 Å². The summed E-state index contributed by atoms with van der Waals surface area (Å²) in [5.74, 6) is 1.38. The third-order valence-corrected chi connectivity index (χ3v) is 9.78. The normalized spacial score (nSPS) is 22.5. The molecule has 6 bridgehead atoms. The van der Waals surface area contributed by atoms with Gasteiger partial charge in [-0.15, -0.1) is 0 Å². The van der Waals surface area contributed by atoms with Gasteiger partial charge in [0.2, 0.25) is 0 Å². The van der Waals surface area contributed by atoms with E-state index in [-0.39, 0.29) is 24.2 Å². The summed E-state index contributed by atoms with van der Waals surface area (Å²) in [4.78, 5) is 21.0. The Morgan fingerprint density at radius 1 is 1.06 bits per heavy atom. The number of piperidine rings is 1. The maximum Gasteiger partial charge on any atom is 0.340 e. The SMILES string of the molecule is CCOC(=O)[C@@H](OC(C)(C)C)c1c(C)nc2cc3nn2c1N1CCC(C)(CC1)OC/C=C/C(C)C(C)Oc1ccc(C)cc1-c1cccc-3c1. The van der Waals surface area contributed by atoms with Crippen LogP contribution in [0.15, 0.2) is 60.7 Å². The van der Waals surface area contributed by atoms with Crippen LogP contribution in [0, 0.1) is 19.8 Å². The fourth-order valence-electron chi connectivity index (χ4n) is 6.80. The number of hydrogen-bond acceptors (Lipinski definition) is 8. The molecule has 9 heteroatoms. The van der Waals surface area contributed by atoms with Gasteiger partial charge in [-0.25, -0.2) is 9.78 Å². The summed E-state index contributed by atoms with van der Waals surface area (Å²) in [6, 6.07) is 16.8. The van der Waals surface area contributed by atoms with Crippen LogP contribution in [0.5, 0.6) is 5.75 Å². The first-order valence-electron chi connectivity index (χ1n) is 17.9. The van der Waals surface area contributed by atoms with Crippen LogP contribution in [0.4, 0.5) is 5.82 Å². The minimum Gasteiger partial charge on any atom is -0.489 e. The van der Waals surface area contributed by atoms with E-state index in [1.165, 1.54) is 0 Å². The van der Waals surface area contributed by atoms with Gasteiger partial charge in [0, 0.05) is 41.9 Å². The smallest absolute Gasteiger partial charge is 0.340 e. The second kappa shape index (κ2) is 14.2. The molecule has 1 fully saturated rings. The number of esters is 1. The number of benzene rings is 2. The van der Waals surface area contributed by atoms with E-state index in [0.717, 1.165) is 52.4 Å². The molecule has 0 spiro atoms. The molecule has 0 radical (unpaired) electrons. The summed E-state index contributed by atoms with van der Waals surface area (Å²) in [7, 11) is 0. The molecule has 7 rings (SSSR count). The number of anilines is 1. The molecular weight excluding hydrogens is 628 g/mol. The molecule has 1 saturated heterocycles. The Morgan fingerprint density at radius 2 is 1.80 bits per heavy atom. The fraction of sp³-hybridized carbons (Fsp3) is 0.488. The largest absolute Gasteiger partial charge is 0.489 e. The molecular formula is C41H52N4O5. The minimum atomic E-state index is -0.984.